The summed E-state index contributed by atoms with van der Waals surface area (Å²) in [5.74, 6) is 0.357. The van der Waals surface area contributed by atoms with E-state index in [4.69, 9.17) is 4.74 Å². The number of methoxy groups -OCH3 is 2. The highest BCUT2D eigenvalue weighted by molar-refractivity contribution is 5.96. The fraction of sp³-hybridized carbons (Fsp3) is 0.526. The van der Waals surface area contributed by atoms with Crippen LogP contribution in [0.1, 0.15) is 52.8 Å². The average Bonchev–Trinajstić information content (AvgIpc) is 3.22. The van der Waals surface area contributed by atoms with Gasteiger partial charge in [0.2, 0.25) is 0 Å². The van der Waals surface area contributed by atoms with E-state index in [9.17, 15) is 14.4 Å². The molecule has 2 fully saturated rings. The quantitative estimate of drug-likeness (QED) is 0.602. The summed E-state index contributed by atoms with van der Waals surface area (Å²) in [7, 11) is 2.49. The number of benzene rings is 1. The van der Waals surface area contributed by atoms with Crippen molar-refractivity contribution in [2.24, 2.45) is 17.8 Å². The van der Waals surface area contributed by atoms with Crippen LogP contribution in [0.2, 0.25) is 0 Å². The Morgan fingerprint density at radius 1 is 0.960 bits per heavy atom. The fourth-order valence-electron chi connectivity index (χ4n) is 4.14. The Morgan fingerprint density at radius 2 is 1.60 bits per heavy atom. The average molecular weight is 346 g/mol. The molecule has 0 amide bonds. The lowest BCUT2D eigenvalue weighted by atomic mass is 9.86. The third-order valence-electron chi connectivity index (χ3n) is 5.29. The molecule has 0 aromatic heterocycles. The van der Waals surface area contributed by atoms with Gasteiger partial charge in [-0.15, -0.1) is 0 Å². The number of fused-ring (bicyclic) bond motifs is 2. The third-order valence-corrected chi connectivity index (χ3v) is 5.29. The van der Waals surface area contributed by atoms with E-state index in [1.807, 2.05) is 0 Å². The first-order chi connectivity index (χ1) is 12.0. The summed E-state index contributed by atoms with van der Waals surface area (Å²) in [5.41, 5.74) is 0.265. The second kappa shape index (κ2) is 7.25. The number of carbonyl (C=O) groups excluding carboxylic acids is 3. The van der Waals surface area contributed by atoms with Crippen molar-refractivity contribution in [3.8, 4) is 5.75 Å². The third kappa shape index (κ3) is 3.83. The van der Waals surface area contributed by atoms with Gasteiger partial charge in [-0.2, -0.15) is 0 Å². The van der Waals surface area contributed by atoms with E-state index in [1.165, 1.54) is 51.7 Å². The molecule has 1 aromatic rings. The number of carbonyl (C=O) groups is 3. The van der Waals surface area contributed by atoms with Gasteiger partial charge >= 0.3 is 17.9 Å². The predicted molar refractivity (Wildman–Crippen MR) is 88.3 cm³/mol. The molecule has 0 N–H and O–H groups in total. The van der Waals surface area contributed by atoms with E-state index in [1.54, 1.807) is 0 Å². The van der Waals surface area contributed by atoms with Gasteiger partial charge in [0.05, 0.1) is 25.3 Å². The van der Waals surface area contributed by atoms with Crippen molar-refractivity contribution in [1.82, 2.24) is 0 Å². The van der Waals surface area contributed by atoms with Crippen molar-refractivity contribution in [2.75, 3.05) is 14.2 Å². The molecule has 0 aliphatic heterocycles. The second-order valence-corrected chi connectivity index (χ2v) is 6.84. The Hall–Kier alpha value is -2.37. The van der Waals surface area contributed by atoms with Crippen molar-refractivity contribution in [2.45, 2.75) is 32.1 Å². The minimum absolute atomic E-state index is 0.133. The van der Waals surface area contributed by atoms with E-state index in [0.717, 1.165) is 12.3 Å². The predicted octanol–water partition coefficient (Wildman–Crippen LogP) is 2.99. The van der Waals surface area contributed by atoms with Crippen molar-refractivity contribution < 1.29 is 28.6 Å². The Balaban J connectivity index is 1.72. The van der Waals surface area contributed by atoms with Gasteiger partial charge in [0.25, 0.3) is 0 Å². The molecule has 2 saturated carbocycles. The Morgan fingerprint density at radius 3 is 2.08 bits per heavy atom. The largest absolute Gasteiger partial charge is 0.465 e. The van der Waals surface area contributed by atoms with Crippen molar-refractivity contribution in [3.05, 3.63) is 29.3 Å². The summed E-state index contributed by atoms with van der Waals surface area (Å²) in [6.07, 6.45) is 5.17. The number of hydrogen-bond acceptors (Lipinski definition) is 6. The van der Waals surface area contributed by atoms with Crippen LogP contribution in [0.5, 0.6) is 5.75 Å². The van der Waals surface area contributed by atoms with Crippen molar-refractivity contribution in [1.29, 1.82) is 0 Å². The monoisotopic (exact) mass is 346 g/mol. The van der Waals surface area contributed by atoms with Crippen LogP contribution in [0.4, 0.5) is 0 Å². The number of esters is 3. The van der Waals surface area contributed by atoms with Crippen LogP contribution in [-0.2, 0) is 14.3 Å². The maximum absolute atomic E-state index is 12.3. The van der Waals surface area contributed by atoms with Gasteiger partial charge in [-0.05, 0) is 55.2 Å². The molecule has 2 bridgehead atoms. The number of rotatable bonds is 5. The zero-order valence-corrected chi connectivity index (χ0v) is 14.4. The van der Waals surface area contributed by atoms with Gasteiger partial charge in [-0.25, -0.2) is 9.59 Å². The van der Waals surface area contributed by atoms with Gasteiger partial charge in [0.15, 0.2) is 0 Å². The Kier molecular flexibility index (Phi) is 5.06. The maximum atomic E-state index is 12.3. The van der Waals surface area contributed by atoms with Crippen LogP contribution in [0.15, 0.2) is 18.2 Å². The summed E-state index contributed by atoms with van der Waals surface area (Å²) in [6.45, 7) is 0. The number of ether oxygens (including phenoxy) is 3. The minimum atomic E-state index is -0.615. The van der Waals surface area contributed by atoms with Crippen LogP contribution >= 0.6 is 0 Å². The zero-order chi connectivity index (χ0) is 18.0. The molecule has 6 nitrogen and oxygen atoms in total. The lowest BCUT2D eigenvalue weighted by molar-refractivity contribution is -0.135. The number of hydrogen-bond donors (Lipinski definition) is 0. The lowest BCUT2D eigenvalue weighted by Crippen LogP contribution is -2.19. The van der Waals surface area contributed by atoms with Gasteiger partial charge in [0, 0.05) is 6.42 Å². The van der Waals surface area contributed by atoms with Crippen LogP contribution in [-0.4, -0.2) is 32.1 Å². The molecule has 134 valence electrons. The van der Waals surface area contributed by atoms with Crippen LogP contribution in [0, 0.1) is 17.8 Å². The molecule has 25 heavy (non-hydrogen) atoms. The first-order valence-corrected chi connectivity index (χ1v) is 8.52. The highest BCUT2D eigenvalue weighted by Crippen LogP contribution is 2.49. The first kappa shape index (κ1) is 17.5. The summed E-state index contributed by atoms with van der Waals surface area (Å²) in [4.78, 5) is 35.8. The molecular weight excluding hydrogens is 324 g/mol. The van der Waals surface area contributed by atoms with E-state index >= 15 is 0 Å². The Bertz CT molecular complexity index is 661. The molecule has 0 saturated heterocycles. The summed E-state index contributed by atoms with van der Waals surface area (Å²) in [5, 5.41) is 0. The molecule has 2 aliphatic carbocycles. The molecular formula is C19H22O6. The Labute approximate surface area is 146 Å². The van der Waals surface area contributed by atoms with Crippen molar-refractivity contribution in [3.63, 3.8) is 0 Å². The van der Waals surface area contributed by atoms with Gasteiger partial charge in [-0.3, -0.25) is 4.79 Å². The highest BCUT2D eigenvalue weighted by Gasteiger charge is 2.40. The van der Waals surface area contributed by atoms with E-state index < -0.39 is 11.9 Å². The molecule has 3 rings (SSSR count). The van der Waals surface area contributed by atoms with Gasteiger partial charge in [0.1, 0.15) is 5.75 Å². The molecule has 2 aliphatic rings. The maximum Gasteiger partial charge on any atom is 0.338 e. The molecule has 0 radical (unpaired) electrons. The molecule has 6 heteroatoms. The molecule has 0 heterocycles. The second-order valence-electron chi connectivity index (χ2n) is 6.84. The molecule has 3 atom stereocenters. The molecule has 0 spiro atoms. The van der Waals surface area contributed by atoms with Gasteiger partial charge < -0.3 is 14.2 Å². The molecule has 1 aromatic carbocycles. The lowest BCUT2D eigenvalue weighted by Gasteiger charge is -2.20. The minimum Gasteiger partial charge on any atom is -0.465 e. The van der Waals surface area contributed by atoms with Crippen LogP contribution in [0.25, 0.3) is 0 Å². The summed E-state index contributed by atoms with van der Waals surface area (Å²) in [6, 6.07) is 4.15. The molecule has 0 unspecified atom stereocenters. The normalized spacial score (nSPS) is 24.0. The van der Waals surface area contributed by atoms with Crippen molar-refractivity contribution >= 4 is 17.9 Å². The SMILES string of the molecule is COC(=O)c1cc(OC(=O)C[C@@H]2C[C@@H]3CC[C@@H]2C3)cc(C(=O)OC)c1. The van der Waals surface area contributed by atoms with E-state index in [2.05, 4.69) is 9.47 Å². The summed E-state index contributed by atoms with van der Waals surface area (Å²) < 4.78 is 14.7. The fourth-order valence-corrected chi connectivity index (χ4v) is 4.14. The standard InChI is InChI=1S/C19H22O6/c1-23-18(21)14-7-15(19(22)24-2)9-16(8-14)25-17(20)10-13-6-11-3-4-12(13)5-11/h7-9,11-13H,3-6,10H2,1-2H3/t11-,12-,13+/m1/s1. The summed E-state index contributed by atoms with van der Waals surface area (Å²) >= 11 is 0. The topological polar surface area (TPSA) is 78.9 Å². The van der Waals surface area contributed by atoms with E-state index in [0.29, 0.717) is 18.3 Å². The van der Waals surface area contributed by atoms with Crippen LogP contribution < -0.4 is 4.74 Å². The van der Waals surface area contributed by atoms with E-state index in [-0.39, 0.29) is 22.8 Å². The van der Waals surface area contributed by atoms with Crippen LogP contribution in [0.3, 0.4) is 0 Å². The van der Waals surface area contributed by atoms with Gasteiger partial charge in [-0.1, -0.05) is 6.42 Å². The highest BCUT2D eigenvalue weighted by atomic mass is 16.5. The first-order valence-electron chi connectivity index (χ1n) is 8.52. The zero-order valence-electron chi connectivity index (χ0n) is 14.4. The smallest absolute Gasteiger partial charge is 0.338 e.